The summed E-state index contributed by atoms with van der Waals surface area (Å²) in [6.07, 6.45) is 1.81. The Hall–Kier alpha value is -0.990. The van der Waals surface area contributed by atoms with Crippen molar-refractivity contribution in [2.75, 3.05) is 11.9 Å². The van der Waals surface area contributed by atoms with E-state index >= 15 is 0 Å². The van der Waals surface area contributed by atoms with Crippen LogP contribution in [0.25, 0.3) is 0 Å². The number of rotatable bonds is 2. The molecule has 62 valence electrons. The second kappa shape index (κ2) is 2.95. The predicted molar refractivity (Wildman–Crippen MR) is 46.7 cm³/mol. The second-order valence-corrected chi connectivity index (χ2v) is 3.02. The normalized spacial score (nSPS) is 10.6. The van der Waals surface area contributed by atoms with E-state index in [0.29, 0.717) is 6.04 Å². The van der Waals surface area contributed by atoms with Crippen LogP contribution in [-0.2, 0) is 7.05 Å². The highest BCUT2D eigenvalue weighted by molar-refractivity contribution is 5.37. The third-order valence-corrected chi connectivity index (χ3v) is 1.93. The second-order valence-electron chi connectivity index (χ2n) is 3.02. The maximum absolute atomic E-state index is 4.10. The number of nitrogens with zero attached hydrogens (tertiary/aromatic N) is 3. The Morgan fingerprint density at radius 2 is 2.18 bits per heavy atom. The van der Waals surface area contributed by atoms with Gasteiger partial charge in [-0.2, -0.15) is 5.10 Å². The van der Waals surface area contributed by atoms with E-state index in [2.05, 4.69) is 30.9 Å². The molecule has 1 aromatic rings. The standard InChI is InChI=1S/C8H15N3/c1-7(2)10(3)8-5-6-9-11(8)4/h5-7H,1-4H3. The molecule has 3 nitrogen and oxygen atoms in total. The monoisotopic (exact) mass is 153 g/mol. The van der Waals surface area contributed by atoms with Gasteiger partial charge in [0.2, 0.25) is 0 Å². The lowest BCUT2D eigenvalue weighted by Crippen LogP contribution is -2.27. The maximum atomic E-state index is 4.10. The van der Waals surface area contributed by atoms with Crippen molar-refractivity contribution in [3.8, 4) is 0 Å². The van der Waals surface area contributed by atoms with E-state index in [4.69, 9.17) is 0 Å². The molecule has 0 fully saturated rings. The number of anilines is 1. The lowest BCUT2D eigenvalue weighted by atomic mass is 10.3. The molecule has 0 aliphatic rings. The first kappa shape index (κ1) is 8.11. The topological polar surface area (TPSA) is 21.1 Å². The summed E-state index contributed by atoms with van der Waals surface area (Å²) in [5, 5.41) is 4.10. The molecule has 11 heavy (non-hydrogen) atoms. The number of hydrogen-bond acceptors (Lipinski definition) is 2. The van der Waals surface area contributed by atoms with Crippen molar-refractivity contribution < 1.29 is 0 Å². The lowest BCUT2D eigenvalue weighted by Gasteiger charge is -2.22. The summed E-state index contributed by atoms with van der Waals surface area (Å²) in [7, 11) is 4.02. The minimum absolute atomic E-state index is 0.519. The summed E-state index contributed by atoms with van der Waals surface area (Å²) in [4.78, 5) is 2.19. The summed E-state index contributed by atoms with van der Waals surface area (Å²) in [5.41, 5.74) is 0. The fraction of sp³-hybridized carbons (Fsp3) is 0.625. The molecule has 1 aromatic heterocycles. The van der Waals surface area contributed by atoms with Gasteiger partial charge >= 0.3 is 0 Å². The minimum atomic E-state index is 0.519. The van der Waals surface area contributed by atoms with Crippen LogP contribution >= 0.6 is 0 Å². The molecule has 1 heterocycles. The van der Waals surface area contributed by atoms with Crippen LogP contribution in [0.15, 0.2) is 12.3 Å². The Morgan fingerprint density at radius 3 is 2.55 bits per heavy atom. The van der Waals surface area contributed by atoms with Crippen LogP contribution < -0.4 is 4.90 Å². The lowest BCUT2D eigenvalue weighted by molar-refractivity contribution is 0.684. The van der Waals surface area contributed by atoms with Crippen LogP contribution in [0.3, 0.4) is 0 Å². The third-order valence-electron chi connectivity index (χ3n) is 1.93. The van der Waals surface area contributed by atoms with E-state index in [-0.39, 0.29) is 0 Å². The average molecular weight is 153 g/mol. The van der Waals surface area contributed by atoms with Crippen molar-refractivity contribution in [3.05, 3.63) is 12.3 Å². The quantitative estimate of drug-likeness (QED) is 0.638. The highest BCUT2D eigenvalue weighted by Gasteiger charge is 2.06. The summed E-state index contributed by atoms with van der Waals surface area (Å²) in [5.74, 6) is 1.15. The first-order valence-electron chi connectivity index (χ1n) is 3.83. The average Bonchev–Trinajstić information content (AvgIpc) is 2.33. The largest absolute Gasteiger partial charge is 0.357 e. The molecule has 3 heteroatoms. The molecule has 0 bridgehead atoms. The number of hydrogen-bond donors (Lipinski definition) is 0. The number of aryl methyl sites for hydroxylation is 1. The fourth-order valence-electron chi connectivity index (χ4n) is 0.977. The van der Waals surface area contributed by atoms with Gasteiger partial charge in [0.25, 0.3) is 0 Å². The van der Waals surface area contributed by atoms with Crippen LogP contribution in [0, 0.1) is 0 Å². The molecule has 0 radical (unpaired) electrons. The molecule has 0 N–H and O–H groups in total. The van der Waals surface area contributed by atoms with Crippen LogP contribution in [0.2, 0.25) is 0 Å². The molecular weight excluding hydrogens is 138 g/mol. The van der Waals surface area contributed by atoms with E-state index in [1.54, 1.807) is 0 Å². The smallest absolute Gasteiger partial charge is 0.126 e. The Balaban J connectivity index is 2.84. The summed E-state index contributed by atoms with van der Waals surface area (Å²) < 4.78 is 1.88. The van der Waals surface area contributed by atoms with Crippen molar-refractivity contribution in [1.82, 2.24) is 9.78 Å². The Morgan fingerprint density at radius 1 is 1.55 bits per heavy atom. The predicted octanol–water partition coefficient (Wildman–Crippen LogP) is 1.26. The Labute approximate surface area is 67.6 Å². The molecule has 0 saturated heterocycles. The molecular formula is C8H15N3. The molecule has 0 aliphatic carbocycles. The van der Waals surface area contributed by atoms with E-state index in [1.165, 1.54) is 0 Å². The van der Waals surface area contributed by atoms with E-state index in [0.717, 1.165) is 5.82 Å². The Kier molecular flexibility index (Phi) is 2.17. The van der Waals surface area contributed by atoms with Crippen LogP contribution in [0.4, 0.5) is 5.82 Å². The van der Waals surface area contributed by atoms with Gasteiger partial charge in [0.1, 0.15) is 5.82 Å². The molecule has 0 aromatic carbocycles. The van der Waals surface area contributed by atoms with Crippen molar-refractivity contribution in [3.63, 3.8) is 0 Å². The SMILES string of the molecule is CC(C)N(C)c1ccnn1C. The number of aromatic nitrogens is 2. The fourth-order valence-corrected chi connectivity index (χ4v) is 0.977. The van der Waals surface area contributed by atoms with Crippen LogP contribution in [0.5, 0.6) is 0 Å². The van der Waals surface area contributed by atoms with Gasteiger partial charge in [0.05, 0.1) is 6.20 Å². The van der Waals surface area contributed by atoms with Gasteiger partial charge < -0.3 is 4.90 Å². The molecule has 0 amide bonds. The van der Waals surface area contributed by atoms with Gasteiger partial charge in [0, 0.05) is 26.2 Å². The highest BCUT2D eigenvalue weighted by atomic mass is 15.3. The summed E-state index contributed by atoms with van der Waals surface area (Å²) in [6.45, 7) is 4.32. The van der Waals surface area contributed by atoms with Gasteiger partial charge in [-0.1, -0.05) is 0 Å². The first-order valence-corrected chi connectivity index (χ1v) is 3.83. The summed E-state index contributed by atoms with van der Waals surface area (Å²) >= 11 is 0. The molecule has 0 atom stereocenters. The van der Waals surface area contributed by atoms with Crippen molar-refractivity contribution in [2.24, 2.45) is 7.05 Å². The van der Waals surface area contributed by atoms with E-state index in [1.807, 2.05) is 24.0 Å². The molecule has 0 unspecified atom stereocenters. The van der Waals surface area contributed by atoms with Gasteiger partial charge in [-0.25, -0.2) is 0 Å². The van der Waals surface area contributed by atoms with E-state index in [9.17, 15) is 0 Å². The summed E-state index contributed by atoms with van der Waals surface area (Å²) in [6, 6.07) is 2.53. The third kappa shape index (κ3) is 1.53. The van der Waals surface area contributed by atoms with Crippen LogP contribution in [-0.4, -0.2) is 22.9 Å². The molecule has 0 saturated carbocycles. The van der Waals surface area contributed by atoms with E-state index < -0.39 is 0 Å². The maximum Gasteiger partial charge on any atom is 0.126 e. The molecule has 1 rings (SSSR count). The zero-order valence-electron chi connectivity index (χ0n) is 7.57. The zero-order valence-corrected chi connectivity index (χ0v) is 7.57. The van der Waals surface area contributed by atoms with Gasteiger partial charge in [-0.3, -0.25) is 4.68 Å². The van der Waals surface area contributed by atoms with Gasteiger partial charge in [0.15, 0.2) is 0 Å². The van der Waals surface area contributed by atoms with Crippen molar-refractivity contribution in [2.45, 2.75) is 19.9 Å². The molecule has 0 spiro atoms. The Bertz CT molecular complexity index is 227. The van der Waals surface area contributed by atoms with Gasteiger partial charge in [-0.15, -0.1) is 0 Å². The van der Waals surface area contributed by atoms with Crippen molar-refractivity contribution in [1.29, 1.82) is 0 Å². The first-order chi connectivity index (χ1) is 5.13. The highest BCUT2D eigenvalue weighted by Crippen LogP contribution is 2.11. The minimum Gasteiger partial charge on any atom is -0.357 e. The van der Waals surface area contributed by atoms with Crippen molar-refractivity contribution >= 4 is 5.82 Å². The van der Waals surface area contributed by atoms with Gasteiger partial charge in [-0.05, 0) is 13.8 Å². The zero-order chi connectivity index (χ0) is 8.43. The molecule has 0 aliphatic heterocycles. The van der Waals surface area contributed by atoms with Crippen LogP contribution in [0.1, 0.15) is 13.8 Å².